The Morgan fingerprint density at radius 2 is 1.81 bits per heavy atom. The van der Waals surface area contributed by atoms with Crippen LogP contribution in [0.4, 0.5) is 5.69 Å². The Labute approximate surface area is 122 Å². The average Bonchev–Trinajstić information content (AvgIpc) is 3.03. The zero-order chi connectivity index (χ0) is 14.5. The number of benzene rings is 2. The van der Waals surface area contributed by atoms with E-state index in [0.717, 1.165) is 11.3 Å². The molecule has 1 amide bonds. The highest BCUT2D eigenvalue weighted by atomic mass is 16.1. The predicted octanol–water partition coefficient (Wildman–Crippen LogP) is 2.58. The number of hydrogen-bond donors (Lipinski definition) is 1. The van der Waals surface area contributed by atoms with Gasteiger partial charge in [0, 0.05) is 11.3 Å². The van der Waals surface area contributed by atoms with Gasteiger partial charge >= 0.3 is 0 Å². The summed E-state index contributed by atoms with van der Waals surface area (Å²) in [5, 5.41) is 6.93. The normalized spacial score (nSPS) is 10.3. The maximum absolute atomic E-state index is 12.0. The van der Waals surface area contributed by atoms with Crippen LogP contribution in [-0.4, -0.2) is 20.7 Å². The predicted molar refractivity (Wildman–Crippen MR) is 80.0 cm³/mol. The van der Waals surface area contributed by atoms with Crippen LogP contribution >= 0.6 is 0 Å². The molecule has 5 nitrogen and oxygen atoms in total. The molecule has 1 aromatic heterocycles. The smallest absolute Gasteiger partial charge is 0.255 e. The highest BCUT2D eigenvalue weighted by Crippen LogP contribution is 2.12. The Morgan fingerprint density at radius 1 is 1.05 bits per heavy atom. The van der Waals surface area contributed by atoms with Gasteiger partial charge in [-0.05, 0) is 29.8 Å². The molecule has 104 valence electrons. The number of anilines is 1. The second kappa shape index (κ2) is 6.00. The minimum absolute atomic E-state index is 0.111. The third kappa shape index (κ3) is 3.33. The first-order chi connectivity index (χ1) is 10.3. The van der Waals surface area contributed by atoms with E-state index in [2.05, 4.69) is 15.4 Å². The Bertz CT molecular complexity index is 706. The minimum atomic E-state index is -0.111. The number of rotatable bonds is 4. The molecule has 0 saturated heterocycles. The molecule has 2 aromatic carbocycles. The van der Waals surface area contributed by atoms with Crippen LogP contribution in [0.3, 0.4) is 0 Å². The van der Waals surface area contributed by atoms with Crippen LogP contribution in [0.15, 0.2) is 67.3 Å². The van der Waals surface area contributed by atoms with Gasteiger partial charge in [0.2, 0.25) is 0 Å². The molecule has 0 saturated carbocycles. The summed E-state index contributed by atoms with van der Waals surface area (Å²) in [7, 11) is 0. The second-order valence-corrected chi connectivity index (χ2v) is 4.61. The first-order valence-corrected chi connectivity index (χ1v) is 6.59. The van der Waals surface area contributed by atoms with E-state index in [-0.39, 0.29) is 5.91 Å². The quantitative estimate of drug-likeness (QED) is 0.798. The molecule has 0 aliphatic rings. The molecule has 3 aromatic rings. The molecule has 1 heterocycles. The highest BCUT2D eigenvalue weighted by molar-refractivity contribution is 6.04. The Kier molecular flexibility index (Phi) is 3.73. The molecule has 0 radical (unpaired) electrons. The van der Waals surface area contributed by atoms with Gasteiger partial charge in [-0.25, -0.2) is 9.67 Å². The van der Waals surface area contributed by atoms with Crippen molar-refractivity contribution in [2.75, 3.05) is 5.32 Å². The van der Waals surface area contributed by atoms with E-state index in [9.17, 15) is 4.79 Å². The molecule has 3 rings (SSSR count). The first-order valence-electron chi connectivity index (χ1n) is 6.59. The highest BCUT2D eigenvalue weighted by Gasteiger charge is 2.05. The van der Waals surface area contributed by atoms with E-state index in [1.165, 1.54) is 6.33 Å². The second-order valence-electron chi connectivity index (χ2n) is 4.61. The van der Waals surface area contributed by atoms with E-state index >= 15 is 0 Å². The maximum atomic E-state index is 12.0. The average molecular weight is 278 g/mol. The van der Waals surface area contributed by atoms with Crippen molar-refractivity contribution in [3.05, 3.63) is 78.4 Å². The van der Waals surface area contributed by atoms with Gasteiger partial charge in [0.1, 0.15) is 12.7 Å². The lowest BCUT2D eigenvalue weighted by molar-refractivity contribution is 0.102. The van der Waals surface area contributed by atoms with E-state index in [1.54, 1.807) is 23.1 Å². The van der Waals surface area contributed by atoms with Gasteiger partial charge in [0.25, 0.3) is 5.91 Å². The largest absolute Gasteiger partial charge is 0.322 e. The lowest BCUT2D eigenvalue weighted by atomic mass is 10.2. The maximum Gasteiger partial charge on any atom is 0.255 e. The van der Waals surface area contributed by atoms with Crippen LogP contribution < -0.4 is 5.32 Å². The van der Waals surface area contributed by atoms with Crippen molar-refractivity contribution in [1.29, 1.82) is 0 Å². The third-order valence-electron chi connectivity index (χ3n) is 3.06. The summed E-state index contributed by atoms with van der Waals surface area (Å²) >= 11 is 0. The third-order valence-corrected chi connectivity index (χ3v) is 3.06. The van der Waals surface area contributed by atoms with E-state index < -0.39 is 0 Å². The van der Waals surface area contributed by atoms with Crippen LogP contribution in [0.2, 0.25) is 0 Å². The van der Waals surface area contributed by atoms with E-state index in [1.807, 2.05) is 42.5 Å². The van der Waals surface area contributed by atoms with Crippen molar-refractivity contribution < 1.29 is 4.79 Å². The summed E-state index contributed by atoms with van der Waals surface area (Å²) in [6, 6.07) is 16.8. The number of amides is 1. The molecule has 0 atom stereocenters. The van der Waals surface area contributed by atoms with Gasteiger partial charge in [-0.15, -0.1) is 0 Å². The molecule has 21 heavy (non-hydrogen) atoms. The number of hydrogen-bond acceptors (Lipinski definition) is 3. The van der Waals surface area contributed by atoms with Gasteiger partial charge in [-0.1, -0.05) is 30.3 Å². The van der Waals surface area contributed by atoms with Gasteiger partial charge in [0.15, 0.2) is 0 Å². The molecular formula is C16H14N4O. The number of aromatic nitrogens is 3. The Balaban J connectivity index is 1.66. The summed E-state index contributed by atoms with van der Waals surface area (Å²) in [6.45, 7) is 0.660. The molecule has 0 fully saturated rings. The van der Waals surface area contributed by atoms with Gasteiger partial charge in [0.05, 0.1) is 6.54 Å². The van der Waals surface area contributed by atoms with Crippen molar-refractivity contribution in [2.24, 2.45) is 0 Å². The number of nitrogens with one attached hydrogen (secondary N) is 1. The molecule has 1 N–H and O–H groups in total. The Morgan fingerprint density at radius 3 is 2.48 bits per heavy atom. The zero-order valence-corrected chi connectivity index (χ0v) is 11.3. The van der Waals surface area contributed by atoms with Crippen molar-refractivity contribution in [2.45, 2.75) is 6.54 Å². The van der Waals surface area contributed by atoms with E-state index in [0.29, 0.717) is 12.1 Å². The van der Waals surface area contributed by atoms with E-state index in [4.69, 9.17) is 0 Å². The summed E-state index contributed by atoms with van der Waals surface area (Å²) in [4.78, 5) is 15.9. The molecule has 0 unspecified atom stereocenters. The Hall–Kier alpha value is -2.95. The lowest BCUT2D eigenvalue weighted by Gasteiger charge is -2.06. The minimum Gasteiger partial charge on any atom is -0.322 e. The summed E-state index contributed by atoms with van der Waals surface area (Å²) in [5.41, 5.74) is 2.51. The number of nitrogens with zero attached hydrogens (tertiary/aromatic N) is 3. The standard InChI is InChI=1S/C16H14N4O/c21-16(14-4-2-1-3-5-14)19-15-8-6-13(7-9-15)10-20-12-17-11-18-20/h1-9,11-12H,10H2,(H,19,21). The fraction of sp³-hybridized carbons (Fsp3) is 0.0625. The van der Waals surface area contributed by atoms with Gasteiger partial charge < -0.3 is 5.32 Å². The molecular weight excluding hydrogens is 264 g/mol. The lowest BCUT2D eigenvalue weighted by Crippen LogP contribution is -2.11. The first kappa shape index (κ1) is 13.1. The molecule has 5 heteroatoms. The van der Waals surface area contributed by atoms with Crippen molar-refractivity contribution in [3.8, 4) is 0 Å². The summed E-state index contributed by atoms with van der Waals surface area (Å²) < 4.78 is 1.75. The van der Waals surface area contributed by atoms with Crippen molar-refractivity contribution >= 4 is 11.6 Å². The number of carbonyl (C=O) groups is 1. The molecule has 0 spiro atoms. The van der Waals surface area contributed by atoms with Crippen LogP contribution in [0.5, 0.6) is 0 Å². The van der Waals surface area contributed by atoms with Crippen molar-refractivity contribution in [3.63, 3.8) is 0 Å². The number of carbonyl (C=O) groups excluding carboxylic acids is 1. The van der Waals surface area contributed by atoms with Crippen LogP contribution in [0.1, 0.15) is 15.9 Å². The van der Waals surface area contributed by atoms with Gasteiger partial charge in [-0.3, -0.25) is 4.79 Å². The zero-order valence-electron chi connectivity index (χ0n) is 11.3. The van der Waals surface area contributed by atoms with Crippen molar-refractivity contribution in [1.82, 2.24) is 14.8 Å². The molecule has 0 bridgehead atoms. The topological polar surface area (TPSA) is 59.8 Å². The van der Waals surface area contributed by atoms with Crippen LogP contribution in [-0.2, 0) is 6.54 Å². The SMILES string of the molecule is O=C(Nc1ccc(Cn2cncn2)cc1)c1ccccc1. The summed E-state index contributed by atoms with van der Waals surface area (Å²) in [6.07, 6.45) is 3.18. The fourth-order valence-electron chi connectivity index (χ4n) is 1.99. The van der Waals surface area contributed by atoms with Crippen LogP contribution in [0.25, 0.3) is 0 Å². The molecule has 0 aliphatic heterocycles. The molecule has 0 aliphatic carbocycles. The van der Waals surface area contributed by atoms with Crippen LogP contribution in [0, 0.1) is 0 Å². The van der Waals surface area contributed by atoms with Gasteiger partial charge in [-0.2, -0.15) is 5.10 Å². The monoisotopic (exact) mass is 278 g/mol. The summed E-state index contributed by atoms with van der Waals surface area (Å²) in [5.74, 6) is -0.111. The fourth-order valence-corrected chi connectivity index (χ4v) is 1.99.